The van der Waals surface area contributed by atoms with Gasteiger partial charge in [0.05, 0.1) is 0 Å². The molecule has 2 nitrogen and oxygen atoms in total. The van der Waals surface area contributed by atoms with Crippen LogP contribution in [0.5, 0.6) is 0 Å². The third kappa shape index (κ3) is 2.20. The van der Waals surface area contributed by atoms with Crippen molar-refractivity contribution in [2.75, 3.05) is 4.90 Å². The number of benzene rings is 2. The van der Waals surface area contributed by atoms with E-state index in [2.05, 4.69) is 61.2 Å². The largest absolute Gasteiger partial charge is 0.338 e. The van der Waals surface area contributed by atoms with Crippen molar-refractivity contribution in [2.24, 2.45) is 5.73 Å². The minimum absolute atomic E-state index is 0.535. The smallest absolute Gasteiger partial charge is 0.0445 e. The third-order valence-corrected chi connectivity index (χ3v) is 4.28. The van der Waals surface area contributed by atoms with Gasteiger partial charge in [0.1, 0.15) is 0 Å². The Labute approximate surface area is 121 Å². The van der Waals surface area contributed by atoms with Crippen LogP contribution in [-0.4, -0.2) is 6.04 Å². The number of aryl methyl sites for hydroxylation is 2. The molecular weight excluding hydrogens is 244 g/mol. The van der Waals surface area contributed by atoms with Crippen molar-refractivity contribution in [2.45, 2.75) is 39.3 Å². The van der Waals surface area contributed by atoms with Crippen molar-refractivity contribution in [3.63, 3.8) is 0 Å². The summed E-state index contributed by atoms with van der Waals surface area (Å²) < 4.78 is 0. The zero-order valence-electron chi connectivity index (χ0n) is 12.3. The van der Waals surface area contributed by atoms with Crippen LogP contribution in [0.4, 0.5) is 11.4 Å². The van der Waals surface area contributed by atoms with E-state index in [1.165, 1.54) is 40.9 Å². The highest BCUT2D eigenvalue weighted by atomic mass is 15.2. The predicted molar refractivity (Wildman–Crippen MR) is 85.4 cm³/mol. The standard InChI is InChI=1S/C18H22N2/c1-13-11-15(12-19)8-10-17(13)20-14(2)7-9-16-5-3-4-6-18(16)20/h3-6,8,10-11,14H,7,9,12,19H2,1-2H3. The number of rotatable bonds is 2. The number of nitrogens with two attached hydrogens (primary N) is 1. The zero-order chi connectivity index (χ0) is 14.1. The van der Waals surface area contributed by atoms with Crippen molar-refractivity contribution in [1.82, 2.24) is 0 Å². The molecule has 0 spiro atoms. The maximum absolute atomic E-state index is 5.74. The lowest BCUT2D eigenvalue weighted by atomic mass is 9.95. The topological polar surface area (TPSA) is 29.3 Å². The highest BCUT2D eigenvalue weighted by Gasteiger charge is 2.24. The lowest BCUT2D eigenvalue weighted by Gasteiger charge is -2.38. The maximum atomic E-state index is 5.74. The molecule has 1 aliphatic rings. The van der Waals surface area contributed by atoms with Gasteiger partial charge in [-0.25, -0.2) is 0 Å². The van der Waals surface area contributed by atoms with Gasteiger partial charge in [0.2, 0.25) is 0 Å². The minimum atomic E-state index is 0.535. The molecule has 3 rings (SSSR count). The zero-order valence-corrected chi connectivity index (χ0v) is 12.3. The summed E-state index contributed by atoms with van der Waals surface area (Å²) in [5.41, 5.74) is 12.4. The summed E-state index contributed by atoms with van der Waals surface area (Å²) in [6, 6.07) is 15.9. The number of anilines is 2. The molecule has 0 aliphatic carbocycles. The van der Waals surface area contributed by atoms with Gasteiger partial charge in [-0.05, 0) is 55.5 Å². The lowest BCUT2D eigenvalue weighted by molar-refractivity contribution is 0.617. The van der Waals surface area contributed by atoms with E-state index < -0.39 is 0 Å². The quantitative estimate of drug-likeness (QED) is 0.892. The van der Waals surface area contributed by atoms with Gasteiger partial charge in [0, 0.05) is 24.0 Å². The number of para-hydroxylation sites is 1. The van der Waals surface area contributed by atoms with E-state index in [9.17, 15) is 0 Å². The Morgan fingerprint density at radius 1 is 1.15 bits per heavy atom. The molecule has 0 fully saturated rings. The van der Waals surface area contributed by atoms with Crippen LogP contribution in [-0.2, 0) is 13.0 Å². The predicted octanol–water partition coefficient (Wildman–Crippen LogP) is 3.93. The molecule has 0 aromatic heterocycles. The first-order chi connectivity index (χ1) is 9.70. The summed E-state index contributed by atoms with van der Waals surface area (Å²) in [5.74, 6) is 0. The fraction of sp³-hybridized carbons (Fsp3) is 0.333. The molecule has 0 saturated carbocycles. The van der Waals surface area contributed by atoms with E-state index in [0.717, 1.165) is 0 Å². The second-order valence-corrected chi connectivity index (χ2v) is 5.71. The molecule has 1 unspecified atom stereocenters. The van der Waals surface area contributed by atoms with E-state index in [-0.39, 0.29) is 0 Å². The van der Waals surface area contributed by atoms with Crippen molar-refractivity contribution in [3.8, 4) is 0 Å². The number of nitrogens with zero attached hydrogens (tertiary/aromatic N) is 1. The third-order valence-electron chi connectivity index (χ3n) is 4.28. The van der Waals surface area contributed by atoms with E-state index in [1.807, 2.05) is 0 Å². The van der Waals surface area contributed by atoms with Gasteiger partial charge in [0.15, 0.2) is 0 Å². The van der Waals surface area contributed by atoms with Gasteiger partial charge in [0.25, 0.3) is 0 Å². The molecule has 1 aliphatic heterocycles. The summed E-state index contributed by atoms with van der Waals surface area (Å²) in [4.78, 5) is 2.48. The van der Waals surface area contributed by atoms with E-state index in [1.54, 1.807) is 0 Å². The summed E-state index contributed by atoms with van der Waals surface area (Å²) >= 11 is 0. The van der Waals surface area contributed by atoms with Gasteiger partial charge in [-0.3, -0.25) is 0 Å². The Hall–Kier alpha value is -1.80. The van der Waals surface area contributed by atoms with Crippen LogP contribution in [0.2, 0.25) is 0 Å². The fourth-order valence-electron chi connectivity index (χ4n) is 3.17. The van der Waals surface area contributed by atoms with Gasteiger partial charge < -0.3 is 10.6 Å². The van der Waals surface area contributed by atoms with E-state index in [0.29, 0.717) is 12.6 Å². The van der Waals surface area contributed by atoms with Crippen molar-refractivity contribution in [1.29, 1.82) is 0 Å². The average Bonchev–Trinajstić information content (AvgIpc) is 2.48. The molecule has 2 aromatic carbocycles. The van der Waals surface area contributed by atoms with Crippen LogP contribution in [0.1, 0.15) is 30.0 Å². The molecule has 0 radical (unpaired) electrons. The Bertz CT molecular complexity index is 619. The van der Waals surface area contributed by atoms with Crippen LogP contribution in [0.15, 0.2) is 42.5 Å². The highest BCUT2D eigenvalue weighted by Crippen LogP contribution is 2.38. The molecule has 0 bridgehead atoms. The van der Waals surface area contributed by atoms with E-state index in [4.69, 9.17) is 5.73 Å². The van der Waals surface area contributed by atoms with Crippen molar-refractivity contribution >= 4 is 11.4 Å². The summed E-state index contributed by atoms with van der Waals surface area (Å²) in [7, 11) is 0. The second kappa shape index (κ2) is 5.29. The Balaban J connectivity index is 2.09. The van der Waals surface area contributed by atoms with Crippen LogP contribution in [0.25, 0.3) is 0 Å². The first-order valence-corrected chi connectivity index (χ1v) is 7.37. The van der Waals surface area contributed by atoms with Crippen LogP contribution < -0.4 is 10.6 Å². The van der Waals surface area contributed by atoms with Crippen LogP contribution in [0, 0.1) is 6.92 Å². The Morgan fingerprint density at radius 3 is 2.70 bits per heavy atom. The first-order valence-electron chi connectivity index (χ1n) is 7.37. The van der Waals surface area contributed by atoms with Crippen LogP contribution in [0.3, 0.4) is 0 Å². The first kappa shape index (κ1) is 13.2. The molecule has 2 N–H and O–H groups in total. The molecular formula is C18H22N2. The van der Waals surface area contributed by atoms with Gasteiger partial charge in [-0.2, -0.15) is 0 Å². The maximum Gasteiger partial charge on any atom is 0.0445 e. The van der Waals surface area contributed by atoms with Gasteiger partial charge in [-0.15, -0.1) is 0 Å². The van der Waals surface area contributed by atoms with Crippen molar-refractivity contribution < 1.29 is 0 Å². The number of fused-ring (bicyclic) bond motifs is 1. The molecule has 2 aromatic rings. The molecule has 104 valence electrons. The molecule has 2 heteroatoms. The molecule has 20 heavy (non-hydrogen) atoms. The fourth-order valence-corrected chi connectivity index (χ4v) is 3.17. The monoisotopic (exact) mass is 266 g/mol. The van der Waals surface area contributed by atoms with Crippen molar-refractivity contribution in [3.05, 3.63) is 59.2 Å². The SMILES string of the molecule is Cc1cc(CN)ccc1N1c2ccccc2CCC1C. The average molecular weight is 266 g/mol. The summed E-state index contributed by atoms with van der Waals surface area (Å²) in [5, 5.41) is 0. The Kier molecular flexibility index (Phi) is 3.49. The van der Waals surface area contributed by atoms with Gasteiger partial charge >= 0.3 is 0 Å². The molecule has 1 atom stereocenters. The second-order valence-electron chi connectivity index (χ2n) is 5.71. The summed E-state index contributed by atoms with van der Waals surface area (Å²) in [6.45, 7) is 5.10. The Morgan fingerprint density at radius 2 is 1.95 bits per heavy atom. The summed E-state index contributed by atoms with van der Waals surface area (Å²) in [6.07, 6.45) is 2.38. The number of hydrogen-bond donors (Lipinski definition) is 1. The number of hydrogen-bond acceptors (Lipinski definition) is 2. The molecule has 0 amide bonds. The highest BCUT2D eigenvalue weighted by molar-refractivity contribution is 5.71. The van der Waals surface area contributed by atoms with E-state index >= 15 is 0 Å². The van der Waals surface area contributed by atoms with Crippen LogP contribution >= 0.6 is 0 Å². The van der Waals surface area contributed by atoms with Gasteiger partial charge in [-0.1, -0.05) is 30.3 Å². The lowest BCUT2D eigenvalue weighted by Crippen LogP contribution is -2.33. The minimum Gasteiger partial charge on any atom is -0.338 e. The normalized spacial score (nSPS) is 17.9. The molecule has 0 saturated heterocycles. The molecule has 1 heterocycles.